The lowest BCUT2D eigenvalue weighted by molar-refractivity contribution is 0.513. The van der Waals surface area contributed by atoms with Gasteiger partial charge in [-0.3, -0.25) is 0 Å². The molecule has 1 aromatic heterocycles. The predicted molar refractivity (Wildman–Crippen MR) is 80.8 cm³/mol. The van der Waals surface area contributed by atoms with E-state index in [-0.39, 0.29) is 20.8 Å². The molecule has 1 aliphatic rings. The molecule has 1 aromatic rings. The van der Waals surface area contributed by atoms with Gasteiger partial charge in [0.05, 0.1) is 4.75 Å². The lowest BCUT2D eigenvalue weighted by Crippen LogP contribution is -2.43. The number of thiophene rings is 1. The van der Waals surface area contributed by atoms with E-state index >= 15 is 0 Å². The summed E-state index contributed by atoms with van der Waals surface area (Å²) in [6.07, 6.45) is 0.309. The number of rotatable bonds is 4. The lowest BCUT2D eigenvalue weighted by atomic mass is 10.0. The molecule has 0 aliphatic carbocycles. The summed E-state index contributed by atoms with van der Waals surface area (Å²) in [4.78, 5) is 0. The topological polar surface area (TPSA) is 106 Å². The molecule has 10 heteroatoms. The summed E-state index contributed by atoms with van der Waals surface area (Å²) < 4.78 is 46.6. The molecule has 116 valence electrons. The maximum absolute atomic E-state index is 12.5. The second kappa shape index (κ2) is 5.54. The molecule has 0 saturated carbocycles. The fourth-order valence-electron chi connectivity index (χ4n) is 2.15. The van der Waals surface area contributed by atoms with Crippen LogP contribution in [0.3, 0.4) is 0 Å². The van der Waals surface area contributed by atoms with E-state index in [1.165, 1.54) is 6.07 Å². The number of primary sulfonamides is 1. The van der Waals surface area contributed by atoms with Crippen molar-refractivity contribution in [3.05, 3.63) is 11.6 Å². The first-order valence-electron chi connectivity index (χ1n) is 5.73. The second-order valence-electron chi connectivity index (χ2n) is 4.83. The molecule has 20 heavy (non-hydrogen) atoms. The SMILES string of the molecule is CCNCC1(C)Cc2cc(S(N)(=O)=O)sc2S1(=O)=O.Cl. The number of hydrogen-bond donors (Lipinski definition) is 2. The number of fused-ring (bicyclic) bond motifs is 1. The van der Waals surface area contributed by atoms with Gasteiger partial charge in [-0.1, -0.05) is 6.92 Å². The van der Waals surface area contributed by atoms with E-state index in [1.807, 2.05) is 6.92 Å². The number of sulfone groups is 1. The maximum Gasteiger partial charge on any atom is 0.247 e. The van der Waals surface area contributed by atoms with Gasteiger partial charge < -0.3 is 5.32 Å². The zero-order chi connectivity index (χ0) is 14.5. The molecular weight excluding hydrogens is 344 g/mol. The van der Waals surface area contributed by atoms with Crippen LogP contribution in [0, 0.1) is 0 Å². The van der Waals surface area contributed by atoms with Gasteiger partial charge in [-0.25, -0.2) is 22.0 Å². The van der Waals surface area contributed by atoms with Crippen molar-refractivity contribution in [2.45, 2.75) is 33.4 Å². The highest BCUT2D eigenvalue weighted by atomic mass is 35.5. The summed E-state index contributed by atoms with van der Waals surface area (Å²) in [6, 6.07) is 1.38. The quantitative estimate of drug-likeness (QED) is 0.813. The first kappa shape index (κ1) is 17.9. The highest BCUT2D eigenvalue weighted by Crippen LogP contribution is 2.44. The van der Waals surface area contributed by atoms with E-state index in [0.717, 1.165) is 11.3 Å². The van der Waals surface area contributed by atoms with Crippen molar-refractivity contribution in [2.24, 2.45) is 5.14 Å². The Morgan fingerprint density at radius 3 is 2.55 bits per heavy atom. The summed E-state index contributed by atoms with van der Waals surface area (Å²) >= 11 is 0.743. The molecule has 3 N–H and O–H groups in total. The number of sulfonamides is 1. The van der Waals surface area contributed by atoms with Crippen LogP contribution in [0.25, 0.3) is 0 Å². The van der Waals surface area contributed by atoms with Crippen molar-refractivity contribution in [1.29, 1.82) is 0 Å². The zero-order valence-electron chi connectivity index (χ0n) is 11.0. The number of nitrogens with one attached hydrogen (secondary N) is 1. The molecular formula is C10H17ClN2O4S3. The molecule has 2 heterocycles. The average Bonchev–Trinajstić information content (AvgIpc) is 2.76. The molecule has 0 radical (unpaired) electrons. The molecule has 1 atom stereocenters. The van der Waals surface area contributed by atoms with Crippen LogP contribution in [0.15, 0.2) is 14.5 Å². The van der Waals surface area contributed by atoms with Crippen LogP contribution in [-0.4, -0.2) is 34.7 Å². The zero-order valence-corrected chi connectivity index (χ0v) is 14.3. The molecule has 1 unspecified atom stereocenters. The standard InChI is InChI=1S/C10H16N2O4S3.ClH/c1-3-12-6-10(2)5-7-4-8(19(11,15)16)17-9(7)18(10,13)14;/h4,12H,3,5-6H2,1-2H3,(H2,11,15,16);1H. The summed E-state index contributed by atoms with van der Waals surface area (Å²) in [5, 5.41) is 8.07. The minimum Gasteiger partial charge on any atom is -0.315 e. The highest BCUT2D eigenvalue weighted by molar-refractivity contribution is 7.96. The van der Waals surface area contributed by atoms with E-state index in [1.54, 1.807) is 6.92 Å². The van der Waals surface area contributed by atoms with Gasteiger partial charge in [0.15, 0.2) is 9.84 Å². The van der Waals surface area contributed by atoms with Gasteiger partial charge >= 0.3 is 0 Å². The normalized spacial score (nSPS) is 24.1. The fourth-order valence-corrected chi connectivity index (χ4v) is 6.85. The summed E-state index contributed by atoms with van der Waals surface area (Å²) in [6.45, 7) is 4.60. The molecule has 0 aromatic carbocycles. The van der Waals surface area contributed by atoms with E-state index < -0.39 is 24.6 Å². The highest BCUT2D eigenvalue weighted by Gasteiger charge is 2.49. The molecule has 1 aliphatic heterocycles. The largest absolute Gasteiger partial charge is 0.315 e. The van der Waals surface area contributed by atoms with Crippen LogP contribution in [0.5, 0.6) is 0 Å². The third-order valence-corrected chi connectivity index (χ3v) is 8.87. The predicted octanol–water partition coefficient (Wildman–Crippen LogP) is 0.515. The molecule has 0 fully saturated rings. The van der Waals surface area contributed by atoms with Crippen molar-refractivity contribution in [3.8, 4) is 0 Å². The maximum atomic E-state index is 12.5. The van der Waals surface area contributed by atoms with E-state index in [4.69, 9.17) is 5.14 Å². The Bertz CT molecular complexity index is 711. The van der Waals surface area contributed by atoms with E-state index in [0.29, 0.717) is 25.1 Å². The van der Waals surface area contributed by atoms with Crippen LogP contribution >= 0.6 is 23.7 Å². The fraction of sp³-hybridized carbons (Fsp3) is 0.600. The Morgan fingerprint density at radius 1 is 1.50 bits per heavy atom. The third-order valence-electron chi connectivity index (χ3n) is 3.23. The molecule has 6 nitrogen and oxygen atoms in total. The Kier molecular flexibility index (Phi) is 4.95. The van der Waals surface area contributed by atoms with Crippen molar-refractivity contribution < 1.29 is 16.8 Å². The molecule has 0 saturated heterocycles. The summed E-state index contributed by atoms with van der Waals surface area (Å²) in [5.74, 6) is 0. The Labute approximate surface area is 129 Å². The van der Waals surface area contributed by atoms with Crippen molar-refractivity contribution in [1.82, 2.24) is 5.32 Å². The number of nitrogens with two attached hydrogens (primary N) is 1. The minimum atomic E-state index is -3.85. The van der Waals surface area contributed by atoms with Gasteiger partial charge in [0.1, 0.15) is 8.42 Å². The third kappa shape index (κ3) is 2.75. The van der Waals surface area contributed by atoms with Crippen LogP contribution in [-0.2, 0) is 26.3 Å². The smallest absolute Gasteiger partial charge is 0.247 e. The van der Waals surface area contributed by atoms with Crippen LogP contribution in [0.1, 0.15) is 19.4 Å². The van der Waals surface area contributed by atoms with E-state index in [2.05, 4.69) is 5.32 Å². The Hall–Kier alpha value is -0.190. The molecule has 2 rings (SSSR count). The van der Waals surface area contributed by atoms with Crippen molar-refractivity contribution in [2.75, 3.05) is 13.1 Å². The monoisotopic (exact) mass is 360 g/mol. The minimum absolute atomic E-state index is 0. The number of halogens is 1. The summed E-state index contributed by atoms with van der Waals surface area (Å²) in [7, 11) is -7.37. The molecule has 0 amide bonds. The van der Waals surface area contributed by atoms with Crippen molar-refractivity contribution in [3.63, 3.8) is 0 Å². The first-order valence-corrected chi connectivity index (χ1v) is 9.57. The van der Waals surface area contributed by atoms with Gasteiger partial charge in [-0.05, 0) is 31.5 Å². The summed E-state index contributed by atoms with van der Waals surface area (Å²) in [5.41, 5.74) is 0.550. The van der Waals surface area contributed by atoms with Gasteiger partial charge in [0.25, 0.3) is 0 Å². The van der Waals surface area contributed by atoms with Gasteiger partial charge in [0.2, 0.25) is 10.0 Å². The molecule has 0 bridgehead atoms. The van der Waals surface area contributed by atoms with Gasteiger partial charge in [-0.2, -0.15) is 0 Å². The van der Waals surface area contributed by atoms with Crippen LogP contribution in [0.4, 0.5) is 0 Å². The number of hydrogen-bond acceptors (Lipinski definition) is 6. The second-order valence-corrected chi connectivity index (χ2v) is 10.3. The van der Waals surface area contributed by atoms with E-state index in [9.17, 15) is 16.8 Å². The van der Waals surface area contributed by atoms with Gasteiger partial charge in [-0.15, -0.1) is 23.7 Å². The first-order chi connectivity index (χ1) is 8.62. The average molecular weight is 361 g/mol. The van der Waals surface area contributed by atoms with Gasteiger partial charge in [0, 0.05) is 6.54 Å². The lowest BCUT2D eigenvalue weighted by Gasteiger charge is -2.23. The van der Waals surface area contributed by atoms with Crippen molar-refractivity contribution >= 4 is 43.6 Å². The van der Waals surface area contributed by atoms with Crippen LogP contribution < -0.4 is 10.5 Å². The van der Waals surface area contributed by atoms with Crippen LogP contribution in [0.2, 0.25) is 0 Å². The molecule has 0 spiro atoms. The Morgan fingerprint density at radius 2 is 2.10 bits per heavy atom. The Balaban J connectivity index is 0.00000200.